The molecule has 0 aliphatic rings. The van der Waals surface area contributed by atoms with Crippen LogP contribution in [0.3, 0.4) is 0 Å². The van der Waals surface area contributed by atoms with Crippen molar-refractivity contribution in [2.24, 2.45) is 0 Å². The van der Waals surface area contributed by atoms with Crippen LogP contribution in [-0.4, -0.2) is 28.2 Å². The van der Waals surface area contributed by atoms with Crippen LogP contribution in [0.15, 0.2) is 24.3 Å². The van der Waals surface area contributed by atoms with Gasteiger partial charge in [0.2, 0.25) is 11.8 Å². The summed E-state index contributed by atoms with van der Waals surface area (Å²) in [5, 5.41) is 10.4. The Bertz CT molecular complexity index is 1000. The number of anilines is 1. The van der Waals surface area contributed by atoms with Gasteiger partial charge in [-0.1, -0.05) is 0 Å². The van der Waals surface area contributed by atoms with E-state index in [1.54, 1.807) is 26.0 Å². The van der Waals surface area contributed by atoms with Crippen LogP contribution in [0.2, 0.25) is 0 Å². The van der Waals surface area contributed by atoms with Crippen LogP contribution in [0.5, 0.6) is 5.88 Å². The number of aromatic nitrogens is 3. The minimum atomic E-state index is -0.412. The number of aromatic amines is 1. The first-order valence-corrected chi connectivity index (χ1v) is 8.04. The first-order chi connectivity index (χ1) is 12.4. The molecule has 0 unspecified atom stereocenters. The Balaban J connectivity index is 1.81. The fourth-order valence-corrected chi connectivity index (χ4v) is 2.73. The molecule has 1 aromatic carbocycles. The van der Waals surface area contributed by atoms with Crippen molar-refractivity contribution in [2.45, 2.75) is 20.8 Å². The molecule has 0 bridgehead atoms. The summed E-state index contributed by atoms with van der Waals surface area (Å²) in [6.45, 7) is 5.43. The molecule has 0 aliphatic carbocycles. The summed E-state index contributed by atoms with van der Waals surface area (Å²) in [5.41, 5.74) is 3.83. The van der Waals surface area contributed by atoms with E-state index in [-0.39, 0.29) is 5.91 Å². The van der Waals surface area contributed by atoms with Crippen molar-refractivity contribution < 1.29 is 13.9 Å². The number of H-pyrrole nitrogens is 1. The van der Waals surface area contributed by atoms with Gasteiger partial charge in [-0.15, -0.1) is 0 Å². The van der Waals surface area contributed by atoms with Crippen LogP contribution < -0.4 is 10.1 Å². The molecule has 0 saturated heterocycles. The quantitative estimate of drug-likeness (QED) is 0.701. The van der Waals surface area contributed by atoms with Gasteiger partial charge in [0.25, 0.3) is 0 Å². The molecule has 0 saturated carbocycles. The largest absolute Gasteiger partial charge is 0.481 e. The van der Waals surface area contributed by atoms with Crippen LogP contribution in [-0.2, 0) is 4.79 Å². The van der Waals surface area contributed by atoms with Crippen LogP contribution >= 0.6 is 0 Å². The zero-order valence-corrected chi connectivity index (χ0v) is 15.0. The number of amides is 1. The Morgan fingerprint density at radius 1 is 1.23 bits per heavy atom. The second kappa shape index (κ2) is 6.95. The third-order valence-electron chi connectivity index (χ3n) is 4.12. The van der Waals surface area contributed by atoms with Crippen molar-refractivity contribution in [3.05, 3.63) is 52.6 Å². The molecule has 6 nitrogen and oxygen atoms in total. The van der Waals surface area contributed by atoms with Crippen molar-refractivity contribution in [1.82, 2.24) is 15.2 Å². The van der Waals surface area contributed by atoms with Crippen molar-refractivity contribution >= 4 is 28.6 Å². The van der Waals surface area contributed by atoms with E-state index in [0.29, 0.717) is 22.8 Å². The number of nitrogens with zero attached hydrogens (tertiary/aromatic N) is 2. The SMILES string of the molecule is COc1cc(C)c(NC(=O)/C=C/c2cc3[nH]nc(C)c3cc2F)c(C)n1. The highest BCUT2D eigenvalue weighted by molar-refractivity contribution is 6.03. The maximum absolute atomic E-state index is 14.2. The molecule has 3 aromatic rings. The molecule has 0 atom stereocenters. The van der Waals surface area contributed by atoms with Gasteiger partial charge in [0.05, 0.1) is 29.7 Å². The van der Waals surface area contributed by atoms with Crippen LogP contribution in [0.1, 0.15) is 22.5 Å². The van der Waals surface area contributed by atoms with E-state index in [1.807, 2.05) is 6.92 Å². The topological polar surface area (TPSA) is 79.9 Å². The Morgan fingerprint density at radius 3 is 2.69 bits per heavy atom. The zero-order chi connectivity index (χ0) is 18.8. The minimum Gasteiger partial charge on any atom is -0.481 e. The van der Waals surface area contributed by atoms with E-state index in [9.17, 15) is 9.18 Å². The number of hydrogen-bond acceptors (Lipinski definition) is 4. The third-order valence-corrected chi connectivity index (χ3v) is 4.12. The Labute approximate surface area is 150 Å². The summed E-state index contributed by atoms with van der Waals surface area (Å²) in [7, 11) is 1.54. The summed E-state index contributed by atoms with van der Waals surface area (Å²) in [6.07, 6.45) is 2.72. The highest BCUT2D eigenvalue weighted by Crippen LogP contribution is 2.23. The summed E-state index contributed by atoms with van der Waals surface area (Å²) >= 11 is 0. The molecule has 7 heteroatoms. The maximum atomic E-state index is 14.2. The molecule has 0 spiro atoms. The highest BCUT2D eigenvalue weighted by Gasteiger charge is 2.10. The molecule has 0 aliphatic heterocycles. The average molecular weight is 354 g/mol. The molecule has 1 amide bonds. The number of carbonyl (C=O) groups is 1. The van der Waals surface area contributed by atoms with Gasteiger partial charge in [-0.25, -0.2) is 9.37 Å². The minimum absolute atomic E-state index is 0.303. The van der Waals surface area contributed by atoms with Gasteiger partial charge >= 0.3 is 0 Å². The lowest BCUT2D eigenvalue weighted by molar-refractivity contribution is -0.111. The van der Waals surface area contributed by atoms with Gasteiger partial charge < -0.3 is 10.1 Å². The summed E-state index contributed by atoms with van der Waals surface area (Å²) in [6, 6.07) is 4.77. The normalized spacial score (nSPS) is 11.3. The molecule has 2 N–H and O–H groups in total. The lowest BCUT2D eigenvalue weighted by atomic mass is 10.1. The second-order valence-corrected chi connectivity index (χ2v) is 5.99. The van der Waals surface area contributed by atoms with E-state index in [2.05, 4.69) is 20.5 Å². The Kier molecular flexibility index (Phi) is 4.71. The van der Waals surface area contributed by atoms with Crippen molar-refractivity contribution in [2.75, 3.05) is 12.4 Å². The summed E-state index contributed by atoms with van der Waals surface area (Å²) in [5.74, 6) is -0.299. The molecule has 26 heavy (non-hydrogen) atoms. The number of fused-ring (bicyclic) bond motifs is 1. The molecule has 134 valence electrons. The molecule has 2 heterocycles. The summed E-state index contributed by atoms with van der Waals surface area (Å²) in [4.78, 5) is 16.5. The van der Waals surface area contributed by atoms with Crippen LogP contribution in [0, 0.1) is 26.6 Å². The number of nitrogens with one attached hydrogen (secondary N) is 2. The number of aryl methyl sites for hydroxylation is 3. The molecule has 0 radical (unpaired) electrons. The van der Waals surface area contributed by atoms with E-state index in [0.717, 1.165) is 22.2 Å². The fourth-order valence-electron chi connectivity index (χ4n) is 2.73. The second-order valence-electron chi connectivity index (χ2n) is 5.99. The van der Waals surface area contributed by atoms with Gasteiger partial charge in [0, 0.05) is 23.1 Å². The Morgan fingerprint density at radius 2 is 2.00 bits per heavy atom. The number of methoxy groups -OCH3 is 1. The number of halogens is 1. The monoisotopic (exact) mass is 354 g/mol. The summed E-state index contributed by atoms with van der Waals surface area (Å²) < 4.78 is 19.3. The number of rotatable bonds is 4. The van der Waals surface area contributed by atoms with Crippen molar-refractivity contribution in [1.29, 1.82) is 0 Å². The van der Waals surface area contributed by atoms with Crippen molar-refractivity contribution in [3.63, 3.8) is 0 Å². The smallest absolute Gasteiger partial charge is 0.248 e. The third kappa shape index (κ3) is 3.42. The van der Waals surface area contributed by atoms with E-state index in [1.165, 1.54) is 25.3 Å². The number of hydrogen-bond donors (Lipinski definition) is 2. The zero-order valence-electron chi connectivity index (χ0n) is 15.0. The predicted octanol–water partition coefficient (Wildman–Crippen LogP) is 3.68. The number of ether oxygens (including phenoxy) is 1. The lowest BCUT2D eigenvalue weighted by Crippen LogP contribution is -2.11. The number of carbonyl (C=O) groups excluding carboxylic acids is 1. The first kappa shape index (κ1) is 17.6. The standard InChI is InChI=1S/C19H19FN4O2/c1-10-7-18(26-4)21-12(3)19(10)22-17(25)6-5-13-8-16-14(9-15(13)20)11(2)23-24-16/h5-9H,1-4H3,(H,22,25)(H,23,24)/b6-5+. The predicted molar refractivity (Wildman–Crippen MR) is 98.7 cm³/mol. The van der Waals surface area contributed by atoms with Gasteiger partial charge in [0.15, 0.2) is 0 Å². The van der Waals surface area contributed by atoms with Gasteiger partial charge in [-0.2, -0.15) is 5.10 Å². The Hall–Kier alpha value is -3.22. The molecule has 3 rings (SSSR count). The molecular weight excluding hydrogens is 335 g/mol. The molecule has 0 fully saturated rings. The number of pyridine rings is 1. The fraction of sp³-hybridized carbons (Fsp3) is 0.211. The first-order valence-electron chi connectivity index (χ1n) is 8.04. The number of benzene rings is 1. The van der Waals surface area contributed by atoms with Crippen LogP contribution in [0.25, 0.3) is 17.0 Å². The molecule has 2 aromatic heterocycles. The average Bonchev–Trinajstić information content (AvgIpc) is 2.96. The lowest BCUT2D eigenvalue weighted by Gasteiger charge is -2.11. The van der Waals surface area contributed by atoms with Gasteiger partial charge in [-0.05, 0) is 44.5 Å². The highest BCUT2D eigenvalue weighted by atomic mass is 19.1. The van der Waals surface area contributed by atoms with Crippen LogP contribution in [0.4, 0.5) is 10.1 Å². The van der Waals surface area contributed by atoms with E-state index in [4.69, 9.17) is 4.74 Å². The van der Waals surface area contributed by atoms with Crippen molar-refractivity contribution in [3.8, 4) is 5.88 Å². The van der Waals surface area contributed by atoms with E-state index < -0.39 is 5.82 Å². The van der Waals surface area contributed by atoms with E-state index >= 15 is 0 Å². The maximum Gasteiger partial charge on any atom is 0.248 e. The van der Waals surface area contributed by atoms with Gasteiger partial charge in [0.1, 0.15) is 5.82 Å². The molecular formula is C19H19FN4O2. The van der Waals surface area contributed by atoms with Gasteiger partial charge in [-0.3, -0.25) is 9.89 Å².